The van der Waals surface area contributed by atoms with Gasteiger partial charge in [0, 0.05) is 18.2 Å². The molecule has 31 heavy (non-hydrogen) atoms. The van der Waals surface area contributed by atoms with E-state index in [-0.39, 0.29) is 25.4 Å². The molecule has 172 valence electrons. The van der Waals surface area contributed by atoms with E-state index in [1.54, 1.807) is 30.3 Å². The van der Waals surface area contributed by atoms with Crippen molar-refractivity contribution in [2.24, 2.45) is 0 Å². The van der Waals surface area contributed by atoms with E-state index >= 15 is 0 Å². The van der Waals surface area contributed by atoms with Gasteiger partial charge in [0.05, 0.1) is 18.9 Å². The molecule has 2 rings (SSSR count). The molecule has 1 aromatic carbocycles. The van der Waals surface area contributed by atoms with Gasteiger partial charge in [0.25, 0.3) is 0 Å². The third kappa shape index (κ3) is 8.24. The van der Waals surface area contributed by atoms with Crippen LogP contribution in [-0.4, -0.2) is 86.8 Å². The summed E-state index contributed by atoms with van der Waals surface area (Å²) in [6.07, 6.45) is -5.94. The highest BCUT2D eigenvalue weighted by molar-refractivity contribution is 7.51. The molecule has 1 fully saturated rings. The van der Waals surface area contributed by atoms with Crippen LogP contribution in [-0.2, 0) is 18.8 Å². The molecule has 1 heterocycles. The van der Waals surface area contributed by atoms with Gasteiger partial charge in [-0.05, 0) is 12.5 Å². The van der Waals surface area contributed by atoms with Crippen LogP contribution in [0.2, 0.25) is 0 Å². The van der Waals surface area contributed by atoms with Gasteiger partial charge in [0.15, 0.2) is 12.1 Å². The average Bonchev–Trinajstić information content (AvgIpc) is 2.74. The van der Waals surface area contributed by atoms with Crippen LogP contribution in [0.15, 0.2) is 42.5 Å². The van der Waals surface area contributed by atoms with Crippen molar-refractivity contribution >= 4 is 19.3 Å². The van der Waals surface area contributed by atoms with E-state index in [1.165, 1.54) is 0 Å². The van der Waals surface area contributed by atoms with E-state index < -0.39 is 50.4 Å². The van der Waals surface area contributed by atoms with E-state index in [2.05, 4.69) is 5.32 Å². The maximum absolute atomic E-state index is 11.9. The molecule has 11 nitrogen and oxygen atoms in total. The number of nitrogens with one attached hydrogen (secondary N) is 1. The fraction of sp³-hybridized carbons (Fsp3) is 0.474. The topological polar surface area (TPSA) is 183 Å². The summed E-state index contributed by atoms with van der Waals surface area (Å²) in [6.45, 7) is -0.150. The van der Waals surface area contributed by atoms with E-state index in [0.29, 0.717) is 5.56 Å². The lowest BCUT2D eigenvalue weighted by Crippen LogP contribution is -2.58. The molecule has 2 unspecified atom stereocenters. The number of aliphatic hydroxyl groups is 3. The lowest BCUT2D eigenvalue weighted by atomic mass is 9.97. The summed E-state index contributed by atoms with van der Waals surface area (Å²) < 4.78 is 21.6. The average molecular weight is 459 g/mol. The summed E-state index contributed by atoms with van der Waals surface area (Å²) in [5.41, 5.74) is 0.437. The highest BCUT2D eigenvalue weighted by Gasteiger charge is 2.44. The highest BCUT2D eigenvalue weighted by atomic mass is 31.2. The van der Waals surface area contributed by atoms with Crippen molar-refractivity contribution in [1.82, 2.24) is 5.32 Å². The summed E-state index contributed by atoms with van der Waals surface area (Å²) in [4.78, 5) is 41.6. The molecule has 1 amide bonds. The minimum absolute atomic E-state index is 0.0128. The predicted octanol–water partition coefficient (Wildman–Crippen LogP) is -1.07. The second-order valence-corrected chi connectivity index (χ2v) is 8.69. The third-order valence-corrected chi connectivity index (χ3v) is 5.34. The zero-order valence-corrected chi connectivity index (χ0v) is 17.4. The van der Waals surface area contributed by atoms with E-state index in [0.717, 1.165) is 12.2 Å². The van der Waals surface area contributed by atoms with Crippen molar-refractivity contribution in [3.05, 3.63) is 48.0 Å². The van der Waals surface area contributed by atoms with Gasteiger partial charge >= 0.3 is 7.60 Å². The fourth-order valence-corrected chi connectivity index (χ4v) is 3.44. The first-order chi connectivity index (χ1) is 14.6. The van der Waals surface area contributed by atoms with Gasteiger partial charge in [-0.1, -0.05) is 30.3 Å². The smallest absolute Gasteiger partial charge is 0.325 e. The van der Waals surface area contributed by atoms with Crippen LogP contribution in [0.1, 0.15) is 16.8 Å². The molecule has 1 aliphatic rings. The summed E-state index contributed by atoms with van der Waals surface area (Å²) in [5.74, 6) is -0.882. The number of rotatable bonds is 10. The van der Waals surface area contributed by atoms with Gasteiger partial charge < -0.3 is 39.9 Å². The molecule has 0 aromatic heterocycles. The van der Waals surface area contributed by atoms with Crippen molar-refractivity contribution in [1.29, 1.82) is 0 Å². The number of ether oxygens (including phenoxy) is 2. The normalized spacial score (nSPS) is 26.7. The molecule has 12 heteroatoms. The first-order valence-electron chi connectivity index (χ1n) is 9.49. The standard InChI is InChI=1S/C19H26NO10P/c21-13(12-4-2-1-3-5-12)6-7-15(22)20-9-10-29-19-18(25)17(24)16(23)14(30-19)8-11-31(26,27)28/h1-7,14,16-19,23-25H,8-11H2,(H,20,22)(H2,26,27,28)/b7-6+/t14?,16-,17+,18?,19+/m1/s1. The molecule has 5 atom stereocenters. The van der Waals surface area contributed by atoms with Crippen LogP contribution in [0.3, 0.4) is 0 Å². The van der Waals surface area contributed by atoms with Crippen LogP contribution in [0.25, 0.3) is 0 Å². The van der Waals surface area contributed by atoms with Crippen molar-refractivity contribution in [3.8, 4) is 0 Å². The van der Waals surface area contributed by atoms with Crippen LogP contribution in [0.4, 0.5) is 0 Å². The summed E-state index contributed by atoms with van der Waals surface area (Å²) in [7, 11) is -4.34. The molecule has 0 radical (unpaired) electrons. The number of hydrogen-bond acceptors (Lipinski definition) is 8. The summed E-state index contributed by atoms with van der Waals surface area (Å²) in [6, 6.07) is 8.40. The summed E-state index contributed by atoms with van der Waals surface area (Å²) >= 11 is 0. The monoisotopic (exact) mass is 459 g/mol. The number of benzene rings is 1. The van der Waals surface area contributed by atoms with E-state index in [4.69, 9.17) is 19.3 Å². The van der Waals surface area contributed by atoms with Gasteiger partial charge in [-0.25, -0.2) is 0 Å². The molecule has 0 bridgehead atoms. The van der Waals surface area contributed by atoms with E-state index in [1.807, 2.05) is 0 Å². The lowest BCUT2D eigenvalue weighted by molar-refractivity contribution is -0.296. The molecule has 0 spiro atoms. The second-order valence-electron chi connectivity index (χ2n) is 6.92. The minimum Gasteiger partial charge on any atom is -0.388 e. The Hall–Kier alpha value is -1.95. The van der Waals surface area contributed by atoms with Crippen LogP contribution < -0.4 is 5.32 Å². The maximum Gasteiger partial charge on any atom is 0.325 e. The Kier molecular flexibility index (Phi) is 9.48. The van der Waals surface area contributed by atoms with Gasteiger partial charge in [-0.2, -0.15) is 0 Å². The highest BCUT2D eigenvalue weighted by Crippen LogP contribution is 2.37. The SMILES string of the molecule is O=C(/C=C/C(=O)c1ccccc1)NCCO[C@H]1OC(CCP(=O)(O)O)[C@@H](O)[C@H](O)C1O. The molecule has 1 saturated heterocycles. The van der Waals surface area contributed by atoms with Crippen molar-refractivity contribution in [2.75, 3.05) is 19.3 Å². The van der Waals surface area contributed by atoms with Crippen molar-refractivity contribution in [2.45, 2.75) is 37.1 Å². The van der Waals surface area contributed by atoms with Crippen LogP contribution in [0.5, 0.6) is 0 Å². The van der Waals surface area contributed by atoms with Gasteiger partial charge in [0.2, 0.25) is 5.91 Å². The molecule has 6 N–H and O–H groups in total. The number of carbonyl (C=O) groups excluding carboxylic acids is 2. The van der Waals surface area contributed by atoms with E-state index in [9.17, 15) is 29.5 Å². The maximum atomic E-state index is 11.9. The number of amides is 1. The number of ketones is 1. The second kappa shape index (κ2) is 11.6. The zero-order valence-electron chi connectivity index (χ0n) is 16.5. The first-order valence-corrected chi connectivity index (χ1v) is 11.3. The molecule has 0 aliphatic carbocycles. The van der Waals surface area contributed by atoms with Crippen LogP contribution >= 0.6 is 7.60 Å². The minimum atomic E-state index is -4.34. The zero-order chi connectivity index (χ0) is 23.0. The molecule has 1 aliphatic heterocycles. The molecular formula is C19H26NO10P. The van der Waals surface area contributed by atoms with Gasteiger partial charge in [-0.3, -0.25) is 14.2 Å². The fourth-order valence-electron chi connectivity index (χ4n) is 2.85. The Morgan fingerprint density at radius 3 is 2.39 bits per heavy atom. The number of hydrogen-bond donors (Lipinski definition) is 6. The lowest BCUT2D eigenvalue weighted by Gasteiger charge is -2.40. The van der Waals surface area contributed by atoms with Crippen LogP contribution in [0, 0.1) is 0 Å². The molecular weight excluding hydrogens is 433 g/mol. The van der Waals surface area contributed by atoms with Gasteiger partial charge in [-0.15, -0.1) is 0 Å². The Morgan fingerprint density at radius 2 is 1.74 bits per heavy atom. The number of allylic oxidation sites excluding steroid dienone is 1. The van der Waals surface area contributed by atoms with Crippen molar-refractivity contribution < 1.29 is 48.7 Å². The predicted molar refractivity (Wildman–Crippen MR) is 107 cm³/mol. The molecule has 1 aromatic rings. The Balaban J connectivity index is 1.77. The summed E-state index contributed by atoms with van der Waals surface area (Å²) in [5, 5.41) is 32.3. The quantitative estimate of drug-likeness (QED) is 0.109. The van der Waals surface area contributed by atoms with Gasteiger partial charge in [0.1, 0.15) is 18.3 Å². The first kappa shape index (κ1) is 25.3. The number of carbonyl (C=O) groups is 2. The molecule has 0 saturated carbocycles. The largest absolute Gasteiger partial charge is 0.388 e. The Morgan fingerprint density at radius 1 is 1.06 bits per heavy atom. The number of aliphatic hydroxyl groups excluding tert-OH is 3. The Bertz CT molecular complexity index is 811. The van der Waals surface area contributed by atoms with Crippen molar-refractivity contribution in [3.63, 3.8) is 0 Å². The Labute approximate surface area is 178 Å². The third-order valence-electron chi connectivity index (χ3n) is 4.50.